The number of fused-ring (bicyclic) bond motifs is 2. The third-order valence-corrected chi connectivity index (χ3v) is 6.88. The van der Waals surface area contributed by atoms with Crippen LogP contribution in [-0.2, 0) is 11.3 Å². The predicted octanol–water partition coefficient (Wildman–Crippen LogP) is 6.28. The van der Waals surface area contributed by atoms with Gasteiger partial charge in [0.15, 0.2) is 0 Å². The van der Waals surface area contributed by atoms with Crippen LogP contribution in [0.3, 0.4) is 0 Å². The minimum Gasteiger partial charge on any atom is -0.496 e. The van der Waals surface area contributed by atoms with Gasteiger partial charge in [0.2, 0.25) is 0 Å². The van der Waals surface area contributed by atoms with Crippen LogP contribution >= 0.6 is 15.9 Å². The lowest BCUT2D eigenvalue weighted by molar-refractivity contribution is -0.113. The average molecular weight is 537 g/mol. The van der Waals surface area contributed by atoms with E-state index in [0.717, 1.165) is 43.5 Å². The highest BCUT2D eigenvalue weighted by molar-refractivity contribution is 9.10. The quantitative estimate of drug-likeness (QED) is 0.248. The second-order valence-corrected chi connectivity index (χ2v) is 9.42. The first-order valence-corrected chi connectivity index (χ1v) is 12.3. The molecule has 0 fully saturated rings. The van der Waals surface area contributed by atoms with Crippen LogP contribution in [0.5, 0.6) is 5.75 Å². The topological polar surface area (TPSA) is 60.2 Å². The van der Waals surface area contributed by atoms with Gasteiger partial charge >= 0.3 is 0 Å². The van der Waals surface area contributed by atoms with Crippen molar-refractivity contribution in [3.8, 4) is 11.4 Å². The first-order valence-electron chi connectivity index (χ1n) is 11.5. The summed E-state index contributed by atoms with van der Waals surface area (Å²) < 4.78 is 8.38. The lowest BCUT2D eigenvalue weighted by Crippen LogP contribution is -2.25. The van der Waals surface area contributed by atoms with Gasteiger partial charge in [0.25, 0.3) is 5.91 Å². The van der Waals surface area contributed by atoms with Gasteiger partial charge in [0.1, 0.15) is 11.4 Å². The van der Waals surface area contributed by atoms with E-state index in [-0.39, 0.29) is 5.91 Å². The van der Waals surface area contributed by atoms with E-state index in [1.807, 2.05) is 91.1 Å². The zero-order chi connectivity index (χ0) is 24.6. The zero-order valence-corrected chi connectivity index (χ0v) is 21.0. The Kier molecular flexibility index (Phi) is 5.62. The molecule has 0 saturated carbocycles. The highest BCUT2D eigenvalue weighted by Crippen LogP contribution is 2.40. The van der Waals surface area contributed by atoms with E-state index in [4.69, 9.17) is 4.74 Å². The number of carbonyl (C=O) groups excluding carboxylic acids is 1. The standard InChI is InChI=1S/C29H21BrN4O2/c1-36-28-15-10-19-6-2-3-7-23(19)25(28)16-26-24-8-4-5-9-27(24)33(29(26)35)17-21-18-34(32-31-21)22-13-11-20(30)12-14-22/h2-16,18H,17H2,1H3/b26-16+. The predicted molar refractivity (Wildman–Crippen MR) is 145 cm³/mol. The van der Waals surface area contributed by atoms with Crippen LogP contribution in [-0.4, -0.2) is 28.0 Å². The molecule has 5 aromatic rings. The Morgan fingerprint density at radius 3 is 2.56 bits per heavy atom. The Morgan fingerprint density at radius 2 is 1.72 bits per heavy atom. The smallest absolute Gasteiger partial charge is 0.259 e. The van der Waals surface area contributed by atoms with Gasteiger partial charge < -0.3 is 9.64 Å². The van der Waals surface area contributed by atoms with Crippen molar-refractivity contribution in [2.24, 2.45) is 0 Å². The Labute approximate surface area is 216 Å². The van der Waals surface area contributed by atoms with Crippen LogP contribution in [0.1, 0.15) is 16.8 Å². The number of benzene rings is 4. The van der Waals surface area contributed by atoms with E-state index in [9.17, 15) is 4.79 Å². The van der Waals surface area contributed by atoms with Crippen LogP contribution in [0.2, 0.25) is 0 Å². The molecule has 2 heterocycles. The fraction of sp³-hybridized carbons (Fsp3) is 0.0690. The van der Waals surface area contributed by atoms with Crippen LogP contribution < -0.4 is 9.64 Å². The van der Waals surface area contributed by atoms with Gasteiger partial charge in [-0.15, -0.1) is 5.10 Å². The molecule has 0 bridgehead atoms. The van der Waals surface area contributed by atoms with Gasteiger partial charge in [0, 0.05) is 21.2 Å². The lowest BCUT2D eigenvalue weighted by Gasteiger charge is -2.15. The lowest BCUT2D eigenvalue weighted by atomic mass is 9.99. The van der Waals surface area contributed by atoms with Gasteiger partial charge in [-0.1, -0.05) is 69.7 Å². The molecule has 0 saturated heterocycles. The van der Waals surface area contributed by atoms with Gasteiger partial charge in [-0.2, -0.15) is 0 Å². The number of hydrogen-bond acceptors (Lipinski definition) is 4. The van der Waals surface area contributed by atoms with Crippen molar-refractivity contribution in [1.29, 1.82) is 0 Å². The summed E-state index contributed by atoms with van der Waals surface area (Å²) >= 11 is 3.45. The van der Waals surface area contributed by atoms with E-state index in [1.54, 1.807) is 16.7 Å². The van der Waals surface area contributed by atoms with Crippen molar-refractivity contribution in [3.63, 3.8) is 0 Å². The van der Waals surface area contributed by atoms with E-state index in [1.165, 1.54) is 0 Å². The van der Waals surface area contributed by atoms with Gasteiger partial charge in [0.05, 0.1) is 31.2 Å². The Hall–Kier alpha value is -4.23. The molecule has 0 radical (unpaired) electrons. The van der Waals surface area contributed by atoms with Crippen LogP contribution in [0.25, 0.3) is 28.1 Å². The molecule has 6 rings (SSSR count). The molecule has 7 heteroatoms. The summed E-state index contributed by atoms with van der Waals surface area (Å²) in [6.07, 6.45) is 3.80. The molecule has 1 aliphatic heterocycles. The number of ether oxygens (including phenoxy) is 1. The van der Waals surface area contributed by atoms with Gasteiger partial charge in [-0.25, -0.2) is 4.68 Å². The summed E-state index contributed by atoms with van der Waals surface area (Å²) in [6.45, 7) is 0.316. The van der Waals surface area contributed by atoms with Gasteiger partial charge in [-0.05, 0) is 53.2 Å². The zero-order valence-electron chi connectivity index (χ0n) is 19.4. The molecular formula is C29H21BrN4O2. The molecule has 36 heavy (non-hydrogen) atoms. The Bertz CT molecular complexity index is 1640. The molecule has 4 aromatic carbocycles. The monoisotopic (exact) mass is 536 g/mol. The van der Waals surface area contributed by atoms with Crippen molar-refractivity contribution in [3.05, 3.63) is 112 Å². The van der Waals surface area contributed by atoms with E-state index < -0.39 is 0 Å². The number of anilines is 1. The normalized spacial score (nSPS) is 14.0. The second kappa shape index (κ2) is 9.09. The van der Waals surface area contributed by atoms with Crippen LogP contribution in [0.15, 0.2) is 95.6 Å². The third kappa shape index (κ3) is 3.87. The maximum Gasteiger partial charge on any atom is 0.259 e. The second-order valence-electron chi connectivity index (χ2n) is 8.50. The maximum atomic E-state index is 13.8. The molecule has 1 aromatic heterocycles. The minimum atomic E-state index is -0.0793. The highest BCUT2D eigenvalue weighted by atomic mass is 79.9. The summed E-state index contributed by atoms with van der Waals surface area (Å²) in [5.41, 5.74) is 4.85. The molecule has 1 amide bonds. The van der Waals surface area contributed by atoms with Crippen molar-refractivity contribution < 1.29 is 9.53 Å². The summed E-state index contributed by atoms with van der Waals surface area (Å²) in [5.74, 6) is 0.645. The molecule has 1 aliphatic rings. The van der Waals surface area contributed by atoms with Gasteiger partial charge in [-0.3, -0.25) is 4.79 Å². The number of halogens is 1. The Balaban J connectivity index is 1.39. The molecule has 0 aliphatic carbocycles. The van der Waals surface area contributed by atoms with E-state index >= 15 is 0 Å². The molecular weight excluding hydrogens is 516 g/mol. The van der Waals surface area contributed by atoms with Crippen LogP contribution in [0.4, 0.5) is 5.69 Å². The molecule has 0 N–H and O–H groups in total. The molecule has 0 atom stereocenters. The fourth-order valence-corrected chi connectivity index (χ4v) is 4.87. The number of para-hydroxylation sites is 1. The van der Waals surface area contributed by atoms with Crippen molar-refractivity contribution in [2.75, 3.05) is 12.0 Å². The number of rotatable bonds is 5. The summed E-state index contributed by atoms with van der Waals surface area (Å²) in [4.78, 5) is 15.5. The SMILES string of the molecule is COc1ccc2ccccc2c1/C=C1/C(=O)N(Cc2cn(-c3ccc(Br)cc3)nn2)c2ccccc21. The van der Waals surface area contributed by atoms with Crippen LogP contribution in [0, 0.1) is 0 Å². The number of aromatic nitrogens is 3. The number of amides is 1. The average Bonchev–Trinajstić information content (AvgIpc) is 3.48. The van der Waals surface area contributed by atoms with Crippen molar-refractivity contribution in [1.82, 2.24) is 15.0 Å². The Morgan fingerprint density at radius 1 is 0.944 bits per heavy atom. The number of nitrogens with zero attached hydrogens (tertiary/aromatic N) is 4. The maximum absolute atomic E-state index is 13.8. The molecule has 0 unspecified atom stereocenters. The third-order valence-electron chi connectivity index (χ3n) is 6.35. The molecule has 176 valence electrons. The van der Waals surface area contributed by atoms with Crippen molar-refractivity contribution >= 4 is 49.9 Å². The fourth-order valence-electron chi connectivity index (χ4n) is 4.60. The number of hydrogen-bond donors (Lipinski definition) is 0. The summed E-state index contributed by atoms with van der Waals surface area (Å²) in [7, 11) is 1.65. The van der Waals surface area contributed by atoms with Crippen molar-refractivity contribution in [2.45, 2.75) is 6.54 Å². The molecule has 0 spiro atoms. The van der Waals surface area contributed by atoms with E-state index in [0.29, 0.717) is 17.8 Å². The highest BCUT2D eigenvalue weighted by Gasteiger charge is 2.33. The van der Waals surface area contributed by atoms with E-state index in [2.05, 4.69) is 32.3 Å². The first-order chi connectivity index (χ1) is 17.6. The number of carbonyl (C=O) groups is 1. The summed E-state index contributed by atoms with van der Waals surface area (Å²) in [5, 5.41) is 10.7. The first kappa shape index (κ1) is 22.2. The number of methoxy groups -OCH3 is 1. The largest absolute Gasteiger partial charge is 0.496 e. The molecule has 6 nitrogen and oxygen atoms in total. The minimum absolute atomic E-state index is 0.0793. The summed E-state index contributed by atoms with van der Waals surface area (Å²) in [6, 6.07) is 27.7.